The number of fused-ring (bicyclic) bond motifs is 1. The van der Waals surface area contributed by atoms with Gasteiger partial charge in [-0.2, -0.15) is 0 Å². The van der Waals surface area contributed by atoms with Crippen LogP contribution in [0.4, 0.5) is 5.13 Å². The lowest BCUT2D eigenvalue weighted by Crippen LogP contribution is -2.31. The van der Waals surface area contributed by atoms with E-state index in [1.54, 1.807) is 54.6 Å². The van der Waals surface area contributed by atoms with E-state index in [9.17, 15) is 14.7 Å². The number of amides is 1. The van der Waals surface area contributed by atoms with E-state index in [1.165, 1.54) is 35.1 Å². The first kappa shape index (κ1) is 29.5. The van der Waals surface area contributed by atoms with Gasteiger partial charge in [-0.05, 0) is 41.5 Å². The Bertz CT molecular complexity index is 1930. The highest BCUT2D eigenvalue weighted by Gasteiger charge is 2.47. The fraction of sp³-hybridized carbons (Fsp3) is 0.125. The third-order valence-corrected chi connectivity index (χ3v) is 9.33. The van der Waals surface area contributed by atoms with Crippen LogP contribution in [0.5, 0.6) is 11.5 Å². The molecule has 1 aliphatic rings. The molecule has 44 heavy (non-hydrogen) atoms. The highest BCUT2D eigenvalue weighted by atomic mass is 35.5. The molecule has 1 aliphatic heterocycles. The summed E-state index contributed by atoms with van der Waals surface area (Å²) in [6.07, 6.45) is 1.61. The molecule has 222 valence electrons. The van der Waals surface area contributed by atoms with E-state index < -0.39 is 23.5 Å². The van der Waals surface area contributed by atoms with Crippen molar-refractivity contribution in [2.45, 2.75) is 16.1 Å². The van der Waals surface area contributed by atoms with Crippen molar-refractivity contribution in [3.05, 3.63) is 119 Å². The van der Waals surface area contributed by atoms with Gasteiger partial charge in [-0.25, -0.2) is 0 Å². The van der Waals surface area contributed by atoms with Crippen LogP contribution in [0.25, 0.3) is 11.0 Å². The number of methoxy groups -OCH3 is 1. The van der Waals surface area contributed by atoms with E-state index in [1.807, 2.05) is 24.3 Å². The molecule has 0 radical (unpaired) electrons. The number of aliphatic hydroxyl groups is 1. The fourth-order valence-electron chi connectivity index (χ4n) is 4.83. The third-order valence-electron chi connectivity index (χ3n) is 6.86. The second kappa shape index (κ2) is 12.6. The topological polar surface area (TPSA) is 115 Å². The Kier molecular flexibility index (Phi) is 8.42. The van der Waals surface area contributed by atoms with Crippen molar-refractivity contribution >= 4 is 62.5 Å². The number of benzene rings is 3. The molecule has 0 spiro atoms. The molecule has 1 atom stereocenters. The summed E-state index contributed by atoms with van der Waals surface area (Å²) in [4.78, 5) is 29.0. The summed E-state index contributed by atoms with van der Waals surface area (Å²) in [5, 5.41) is 21.2. The molecule has 0 saturated heterocycles. The molecule has 0 fully saturated rings. The third kappa shape index (κ3) is 5.57. The number of aliphatic hydroxyl groups excluding tert-OH is 1. The molecule has 1 amide bonds. The Morgan fingerprint density at radius 2 is 1.98 bits per heavy atom. The Morgan fingerprint density at radius 3 is 2.77 bits per heavy atom. The van der Waals surface area contributed by atoms with Crippen molar-refractivity contribution in [2.75, 3.05) is 18.6 Å². The van der Waals surface area contributed by atoms with E-state index in [4.69, 9.17) is 25.5 Å². The first-order valence-electron chi connectivity index (χ1n) is 13.3. The number of carbonyl (C=O) groups is 2. The maximum atomic E-state index is 14.1. The number of furan rings is 1. The Balaban J connectivity index is 1.39. The van der Waals surface area contributed by atoms with Gasteiger partial charge >= 0.3 is 0 Å². The molecule has 12 heteroatoms. The molecule has 0 aliphatic carbocycles. The standard InChI is InChI=1S/C32H24ClN3O6S2/c1-3-14-41-21-11-6-9-18(15-21)26-25(27(37)24-16-19-10-7-13-23(40-2)29(19)42-24)28(38)30(39)36(26)31-34-35-32(44-31)43-17-20-8-4-5-12-22(20)33/h3-13,15-16,26,38H,1,14,17H2,2H3. The smallest absolute Gasteiger partial charge is 0.296 e. The number of rotatable bonds is 11. The molecule has 1 N–H and O–H groups in total. The Morgan fingerprint density at radius 1 is 1.16 bits per heavy atom. The van der Waals surface area contributed by atoms with Crippen molar-refractivity contribution in [1.82, 2.24) is 10.2 Å². The monoisotopic (exact) mass is 645 g/mol. The molecule has 0 bridgehead atoms. The average molecular weight is 646 g/mol. The van der Waals surface area contributed by atoms with Gasteiger partial charge in [0.15, 0.2) is 27.2 Å². The second-order valence-electron chi connectivity index (χ2n) is 9.56. The zero-order chi connectivity index (χ0) is 30.8. The summed E-state index contributed by atoms with van der Waals surface area (Å²) in [5.74, 6) is -0.724. The number of carbonyl (C=O) groups excluding carboxylic acids is 2. The van der Waals surface area contributed by atoms with Gasteiger partial charge in [0.2, 0.25) is 10.9 Å². The summed E-state index contributed by atoms with van der Waals surface area (Å²) in [6, 6.07) is 20.2. The number of nitrogens with zero attached hydrogens (tertiary/aromatic N) is 3. The minimum absolute atomic E-state index is 0.0574. The molecule has 9 nitrogen and oxygen atoms in total. The summed E-state index contributed by atoms with van der Waals surface area (Å²) in [6.45, 7) is 3.94. The highest BCUT2D eigenvalue weighted by Crippen LogP contribution is 2.45. The maximum absolute atomic E-state index is 14.1. The summed E-state index contributed by atoms with van der Waals surface area (Å²) < 4.78 is 17.6. The number of aromatic nitrogens is 2. The zero-order valence-electron chi connectivity index (χ0n) is 23.2. The van der Waals surface area contributed by atoms with Gasteiger partial charge in [-0.15, -0.1) is 10.2 Å². The van der Waals surface area contributed by atoms with Gasteiger partial charge in [-0.1, -0.05) is 89.8 Å². The van der Waals surface area contributed by atoms with Crippen LogP contribution in [0.1, 0.15) is 27.7 Å². The molecule has 6 rings (SSSR count). The number of ketones is 1. The van der Waals surface area contributed by atoms with Crippen LogP contribution >= 0.6 is 34.7 Å². The number of para-hydroxylation sites is 1. The normalized spacial score (nSPS) is 14.8. The predicted molar refractivity (Wildman–Crippen MR) is 170 cm³/mol. The van der Waals surface area contributed by atoms with E-state index in [-0.39, 0.29) is 23.1 Å². The minimum atomic E-state index is -1.05. The van der Waals surface area contributed by atoms with Crippen LogP contribution in [0.2, 0.25) is 5.02 Å². The second-order valence-corrected chi connectivity index (χ2v) is 12.1. The number of Topliss-reactive ketones (excluding diaryl/α,β-unsaturated/α-hetero) is 1. The van der Waals surface area contributed by atoms with E-state index >= 15 is 0 Å². The van der Waals surface area contributed by atoms with Crippen LogP contribution in [-0.2, 0) is 10.5 Å². The van der Waals surface area contributed by atoms with Gasteiger partial charge < -0.3 is 19.0 Å². The first-order valence-corrected chi connectivity index (χ1v) is 15.5. The van der Waals surface area contributed by atoms with Gasteiger partial charge in [0.25, 0.3) is 5.91 Å². The van der Waals surface area contributed by atoms with Gasteiger partial charge in [0, 0.05) is 16.2 Å². The summed E-state index contributed by atoms with van der Waals surface area (Å²) in [5.41, 5.74) is 1.66. The molecule has 3 aromatic carbocycles. The lowest BCUT2D eigenvalue weighted by atomic mass is 9.95. The number of ether oxygens (including phenoxy) is 2. The Labute approximate surface area is 265 Å². The minimum Gasteiger partial charge on any atom is -0.503 e. The summed E-state index contributed by atoms with van der Waals surface area (Å²) >= 11 is 8.89. The van der Waals surface area contributed by atoms with Gasteiger partial charge in [0.1, 0.15) is 12.4 Å². The number of thioether (sulfide) groups is 1. The largest absolute Gasteiger partial charge is 0.503 e. The van der Waals surface area contributed by atoms with Crippen LogP contribution < -0.4 is 14.4 Å². The van der Waals surface area contributed by atoms with Crippen molar-refractivity contribution in [3.63, 3.8) is 0 Å². The van der Waals surface area contributed by atoms with E-state index in [0.717, 1.165) is 5.56 Å². The first-order chi connectivity index (χ1) is 21.4. The molecule has 0 saturated carbocycles. The average Bonchev–Trinajstić information content (AvgIpc) is 3.76. The van der Waals surface area contributed by atoms with Gasteiger partial charge in [0.05, 0.1) is 18.7 Å². The quantitative estimate of drug-likeness (QED) is 0.0671. The number of anilines is 1. The van der Waals surface area contributed by atoms with Crippen LogP contribution in [0.3, 0.4) is 0 Å². The summed E-state index contributed by atoms with van der Waals surface area (Å²) in [7, 11) is 1.50. The SMILES string of the molecule is C=CCOc1cccc(C2C(C(=O)c3cc4cccc(OC)c4o3)=C(O)C(=O)N2c2nnc(SCc3ccccc3Cl)s2)c1. The lowest BCUT2D eigenvalue weighted by molar-refractivity contribution is -0.117. The molecular weight excluding hydrogens is 622 g/mol. The van der Waals surface area contributed by atoms with Crippen LogP contribution in [0.15, 0.2) is 106 Å². The molecular formula is C32H24ClN3O6S2. The van der Waals surface area contributed by atoms with E-state index in [0.29, 0.717) is 43.1 Å². The molecule has 1 unspecified atom stereocenters. The van der Waals surface area contributed by atoms with Crippen molar-refractivity contribution < 1.29 is 28.6 Å². The van der Waals surface area contributed by atoms with Crippen LogP contribution in [-0.4, -0.2) is 40.7 Å². The molecule has 2 aromatic heterocycles. The molecule has 5 aromatic rings. The molecule has 3 heterocycles. The fourth-order valence-corrected chi connectivity index (χ4v) is 6.99. The Hall–Kier alpha value is -4.58. The van der Waals surface area contributed by atoms with Crippen molar-refractivity contribution in [2.24, 2.45) is 0 Å². The number of hydrogen-bond acceptors (Lipinski definition) is 10. The zero-order valence-corrected chi connectivity index (χ0v) is 25.6. The lowest BCUT2D eigenvalue weighted by Gasteiger charge is -2.24. The maximum Gasteiger partial charge on any atom is 0.296 e. The van der Waals surface area contributed by atoms with Crippen LogP contribution in [0, 0.1) is 0 Å². The van der Waals surface area contributed by atoms with Gasteiger partial charge in [-0.3, -0.25) is 14.5 Å². The number of hydrogen-bond donors (Lipinski definition) is 1. The van der Waals surface area contributed by atoms with Crippen molar-refractivity contribution in [3.8, 4) is 11.5 Å². The van der Waals surface area contributed by atoms with Crippen molar-refractivity contribution in [1.29, 1.82) is 0 Å². The van der Waals surface area contributed by atoms with E-state index in [2.05, 4.69) is 16.8 Å². The predicted octanol–water partition coefficient (Wildman–Crippen LogP) is 7.59. The highest BCUT2D eigenvalue weighted by molar-refractivity contribution is 8.00. The number of halogens is 1.